The van der Waals surface area contributed by atoms with Gasteiger partial charge < -0.3 is 0 Å². The Morgan fingerprint density at radius 3 is 2.05 bits per heavy atom. The van der Waals surface area contributed by atoms with E-state index < -0.39 is 0 Å². The van der Waals surface area contributed by atoms with E-state index in [0.717, 1.165) is 4.47 Å². The molecule has 98 valence electrons. The van der Waals surface area contributed by atoms with Crippen LogP contribution in [-0.2, 0) is 10.8 Å². The Morgan fingerprint density at radius 2 is 1.32 bits per heavy atom. The molecule has 0 bridgehead atoms. The quantitative estimate of drug-likeness (QED) is 0.586. The van der Waals surface area contributed by atoms with Crippen molar-refractivity contribution in [3.05, 3.63) is 58.1 Å². The molecule has 1 aliphatic rings. The average Bonchev–Trinajstić information content (AvgIpc) is 2.37. The van der Waals surface area contributed by atoms with Crippen molar-refractivity contribution in [1.29, 1.82) is 0 Å². The normalized spacial score (nSPS) is 18.6. The Kier molecular flexibility index (Phi) is 2.69. The lowest BCUT2D eigenvalue weighted by atomic mass is 9.55. The highest BCUT2D eigenvalue weighted by Crippen LogP contribution is 2.53. The summed E-state index contributed by atoms with van der Waals surface area (Å²) in [5, 5.41) is 0. The lowest BCUT2D eigenvalue weighted by molar-refractivity contribution is 0.299. The Bertz CT molecular complexity index is 650. The molecule has 0 saturated carbocycles. The van der Waals surface area contributed by atoms with Crippen LogP contribution in [0.3, 0.4) is 0 Å². The molecule has 0 fully saturated rings. The lowest BCUT2D eigenvalue weighted by Crippen LogP contribution is -2.43. The number of hydrogen-bond acceptors (Lipinski definition) is 0. The van der Waals surface area contributed by atoms with Gasteiger partial charge in [0.15, 0.2) is 0 Å². The third kappa shape index (κ3) is 1.64. The summed E-state index contributed by atoms with van der Waals surface area (Å²) in [5.41, 5.74) is 5.88. The van der Waals surface area contributed by atoms with E-state index in [0.29, 0.717) is 0 Å². The molecule has 1 heteroatoms. The van der Waals surface area contributed by atoms with Crippen LogP contribution in [0.5, 0.6) is 0 Å². The largest absolute Gasteiger partial charge is 0.0619 e. The summed E-state index contributed by atoms with van der Waals surface area (Å²) in [6, 6.07) is 15.5. The highest BCUT2D eigenvalue weighted by atomic mass is 79.9. The molecular weight excluding hydrogens is 296 g/mol. The number of benzene rings is 2. The van der Waals surface area contributed by atoms with Crippen molar-refractivity contribution in [1.82, 2.24) is 0 Å². The van der Waals surface area contributed by atoms with Crippen LogP contribution in [0.15, 0.2) is 46.9 Å². The van der Waals surface area contributed by atoms with Gasteiger partial charge in [-0.3, -0.25) is 0 Å². The van der Waals surface area contributed by atoms with Crippen molar-refractivity contribution in [2.45, 2.75) is 38.5 Å². The van der Waals surface area contributed by atoms with Gasteiger partial charge in [0.1, 0.15) is 0 Å². The third-order valence-corrected chi connectivity index (χ3v) is 5.60. The highest BCUT2D eigenvalue weighted by molar-refractivity contribution is 9.10. The predicted molar refractivity (Wildman–Crippen MR) is 85.6 cm³/mol. The molecule has 0 N–H and O–H groups in total. The number of fused-ring (bicyclic) bond motifs is 3. The first kappa shape index (κ1) is 12.9. The summed E-state index contributed by atoms with van der Waals surface area (Å²) in [4.78, 5) is 0. The van der Waals surface area contributed by atoms with E-state index in [-0.39, 0.29) is 10.8 Å². The average molecular weight is 315 g/mol. The molecule has 1 aliphatic carbocycles. The molecule has 19 heavy (non-hydrogen) atoms. The number of hydrogen-bond donors (Lipinski definition) is 0. The minimum Gasteiger partial charge on any atom is -0.0619 e. The Labute approximate surface area is 124 Å². The second kappa shape index (κ2) is 3.96. The lowest BCUT2D eigenvalue weighted by Gasteiger charge is -2.48. The van der Waals surface area contributed by atoms with E-state index in [9.17, 15) is 0 Å². The van der Waals surface area contributed by atoms with Crippen LogP contribution in [0.1, 0.15) is 38.8 Å². The first-order valence-electron chi connectivity index (χ1n) is 6.75. The van der Waals surface area contributed by atoms with Gasteiger partial charge in [-0.05, 0) is 45.2 Å². The summed E-state index contributed by atoms with van der Waals surface area (Å²) in [7, 11) is 0. The minimum absolute atomic E-state index is 0.112. The van der Waals surface area contributed by atoms with Gasteiger partial charge in [-0.2, -0.15) is 0 Å². The van der Waals surface area contributed by atoms with Crippen molar-refractivity contribution in [2.24, 2.45) is 0 Å². The molecule has 0 unspecified atom stereocenters. The zero-order valence-corrected chi connectivity index (χ0v) is 13.5. The van der Waals surface area contributed by atoms with Gasteiger partial charge in [-0.25, -0.2) is 0 Å². The maximum absolute atomic E-state index is 3.62. The third-order valence-electron chi connectivity index (χ3n) is 5.11. The fraction of sp³-hybridized carbons (Fsp3) is 0.333. The standard InChI is InChI=1S/C18H19Br/c1-17(2)15-8-6-5-7-13(15)14-10-9-12(19)11-16(14)18(17,3)4/h5-11H,1-4H3. The van der Waals surface area contributed by atoms with Crippen LogP contribution in [0, 0.1) is 0 Å². The van der Waals surface area contributed by atoms with Crippen molar-refractivity contribution >= 4 is 15.9 Å². The molecular formula is C18H19Br. The van der Waals surface area contributed by atoms with Crippen LogP contribution in [0.25, 0.3) is 11.1 Å². The maximum atomic E-state index is 3.62. The fourth-order valence-electron chi connectivity index (χ4n) is 3.20. The Balaban J connectivity index is 2.43. The van der Waals surface area contributed by atoms with Crippen LogP contribution in [0.4, 0.5) is 0 Å². The Hall–Kier alpha value is -1.08. The van der Waals surface area contributed by atoms with E-state index in [4.69, 9.17) is 0 Å². The highest BCUT2D eigenvalue weighted by Gasteiger charge is 2.45. The molecule has 0 spiro atoms. The summed E-state index contributed by atoms with van der Waals surface area (Å²) in [5.74, 6) is 0. The zero-order valence-electron chi connectivity index (χ0n) is 11.9. The first-order valence-corrected chi connectivity index (χ1v) is 7.55. The fourth-order valence-corrected chi connectivity index (χ4v) is 3.57. The molecule has 0 radical (unpaired) electrons. The van der Waals surface area contributed by atoms with Crippen molar-refractivity contribution in [3.63, 3.8) is 0 Å². The molecule has 2 aromatic carbocycles. The van der Waals surface area contributed by atoms with Crippen LogP contribution in [0.2, 0.25) is 0 Å². The van der Waals surface area contributed by atoms with E-state index >= 15 is 0 Å². The SMILES string of the molecule is CC1(C)c2ccccc2-c2ccc(Br)cc2C1(C)C. The molecule has 2 aromatic rings. The summed E-state index contributed by atoms with van der Waals surface area (Å²) in [6.45, 7) is 9.42. The number of halogens is 1. The van der Waals surface area contributed by atoms with Crippen molar-refractivity contribution in [2.75, 3.05) is 0 Å². The summed E-state index contributed by atoms with van der Waals surface area (Å²) in [6.07, 6.45) is 0. The van der Waals surface area contributed by atoms with Gasteiger partial charge in [0.05, 0.1) is 0 Å². The Morgan fingerprint density at radius 1 is 0.737 bits per heavy atom. The molecule has 0 aromatic heterocycles. The van der Waals surface area contributed by atoms with Gasteiger partial charge in [0.2, 0.25) is 0 Å². The monoisotopic (exact) mass is 314 g/mol. The van der Waals surface area contributed by atoms with Crippen LogP contribution < -0.4 is 0 Å². The van der Waals surface area contributed by atoms with E-state index in [2.05, 4.69) is 86.1 Å². The molecule has 3 rings (SSSR count). The topological polar surface area (TPSA) is 0 Å². The minimum atomic E-state index is 0.112. The maximum Gasteiger partial charge on any atom is 0.0178 e. The zero-order chi connectivity index (χ0) is 13.8. The summed E-state index contributed by atoms with van der Waals surface area (Å²) < 4.78 is 1.16. The van der Waals surface area contributed by atoms with Crippen molar-refractivity contribution in [3.8, 4) is 11.1 Å². The second-order valence-electron chi connectivity index (χ2n) is 6.49. The second-order valence-corrected chi connectivity index (χ2v) is 7.40. The van der Waals surface area contributed by atoms with Crippen LogP contribution >= 0.6 is 15.9 Å². The van der Waals surface area contributed by atoms with Crippen LogP contribution in [-0.4, -0.2) is 0 Å². The molecule has 0 heterocycles. The smallest absolute Gasteiger partial charge is 0.0178 e. The van der Waals surface area contributed by atoms with Gasteiger partial charge in [0, 0.05) is 4.47 Å². The molecule has 0 nitrogen and oxygen atoms in total. The van der Waals surface area contributed by atoms with E-state index in [1.807, 2.05) is 0 Å². The summed E-state index contributed by atoms with van der Waals surface area (Å²) >= 11 is 3.62. The van der Waals surface area contributed by atoms with Gasteiger partial charge in [-0.15, -0.1) is 0 Å². The predicted octanol–water partition coefficient (Wildman–Crippen LogP) is 5.68. The molecule has 0 atom stereocenters. The van der Waals surface area contributed by atoms with E-state index in [1.54, 1.807) is 0 Å². The van der Waals surface area contributed by atoms with Gasteiger partial charge >= 0.3 is 0 Å². The van der Waals surface area contributed by atoms with Gasteiger partial charge in [-0.1, -0.05) is 74.0 Å². The van der Waals surface area contributed by atoms with Crippen molar-refractivity contribution < 1.29 is 0 Å². The first-order chi connectivity index (χ1) is 8.85. The van der Waals surface area contributed by atoms with Gasteiger partial charge in [0.25, 0.3) is 0 Å². The molecule has 0 aliphatic heterocycles. The molecule has 0 saturated heterocycles. The molecule has 0 amide bonds. The van der Waals surface area contributed by atoms with E-state index in [1.165, 1.54) is 22.3 Å². The number of rotatable bonds is 0.